The molecule has 7 nitrogen and oxygen atoms in total. The summed E-state index contributed by atoms with van der Waals surface area (Å²) in [6, 6.07) is 2.78. The highest BCUT2D eigenvalue weighted by molar-refractivity contribution is 9.10. The molecule has 0 saturated carbocycles. The summed E-state index contributed by atoms with van der Waals surface area (Å²) in [5.41, 5.74) is 0.640. The number of likely N-dealkylation sites (N-methyl/N-ethyl adjacent to an activating group) is 1. The number of urea groups is 1. The van der Waals surface area contributed by atoms with Gasteiger partial charge in [0.2, 0.25) is 0 Å². The number of ether oxygens (including phenoxy) is 2. The Kier molecular flexibility index (Phi) is 5.25. The molecule has 1 heterocycles. The van der Waals surface area contributed by atoms with E-state index in [1.165, 1.54) is 7.05 Å². The summed E-state index contributed by atoms with van der Waals surface area (Å²) in [6.07, 6.45) is 0. The average Bonchev–Trinajstić information content (AvgIpc) is 2.69. The molecule has 8 heteroatoms. The van der Waals surface area contributed by atoms with Crippen molar-refractivity contribution in [1.82, 2.24) is 9.80 Å². The van der Waals surface area contributed by atoms with Crippen LogP contribution in [0.3, 0.4) is 0 Å². The van der Waals surface area contributed by atoms with E-state index in [1.54, 1.807) is 12.1 Å². The van der Waals surface area contributed by atoms with Crippen LogP contribution in [-0.4, -0.2) is 47.9 Å². The first kappa shape index (κ1) is 17.3. The highest BCUT2D eigenvalue weighted by Gasteiger charge is 2.42. The van der Waals surface area contributed by atoms with Crippen LogP contribution in [0.2, 0.25) is 0 Å². The van der Waals surface area contributed by atoms with Gasteiger partial charge in [-0.15, -0.1) is 0 Å². The fourth-order valence-electron chi connectivity index (χ4n) is 2.16. The Bertz CT molecular complexity index is 662. The summed E-state index contributed by atoms with van der Waals surface area (Å²) in [7, 11) is 1.28. The van der Waals surface area contributed by atoms with Crippen molar-refractivity contribution in [3.63, 3.8) is 0 Å². The number of carbonyl (C=O) groups is 3. The molecule has 0 unspecified atom stereocenters. The van der Waals surface area contributed by atoms with Crippen LogP contribution in [0.1, 0.15) is 19.4 Å². The van der Waals surface area contributed by atoms with Gasteiger partial charge in [-0.25, -0.2) is 4.79 Å². The number of hydrogen-bond acceptors (Lipinski definition) is 5. The monoisotopic (exact) mass is 384 g/mol. The lowest BCUT2D eigenvalue weighted by atomic mass is 10.2. The highest BCUT2D eigenvalue weighted by atomic mass is 79.9. The zero-order valence-corrected chi connectivity index (χ0v) is 14.7. The summed E-state index contributed by atoms with van der Waals surface area (Å²) >= 11 is 3.40. The van der Waals surface area contributed by atoms with Gasteiger partial charge in [0.1, 0.15) is 0 Å². The molecule has 1 saturated heterocycles. The Morgan fingerprint density at radius 1 is 1.00 bits per heavy atom. The lowest BCUT2D eigenvalue weighted by molar-refractivity contribution is -0.143. The second kappa shape index (κ2) is 6.99. The minimum atomic E-state index is -0.837. The maximum Gasteiger partial charge on any atom is 0.334 e. The SMILES string of the molecule is CCOc1cc(Br)c(CN2C(=O)C(=O)N(C)C2=O)cc1OCC. The number of rotatable bonds is 6. The van der Waals surface area contributed by atoms with Crippen molar-refractivity contribution >= 4 is 33.8 Å². The van der Waals surface area contributed by atoms with Crippen molar-refractivity contribution in [3.05, 3.63) is 22.2 Å². The smallest absolute Gasteiger partial charge is 0.334 e. The lowest BCUT2D eigenvalue weighted by Gasteiger charge is -2.17. The average molecular weight is 385 g/mol. The minimum Gasteiger partial charge on any atom is -0.490 e. The largest absolute Gasteiger partial charge is 0.490 e. The van der Waals surface area contributed by atoms with E-state index < -0.39 is 17.8 Å². The third-order valence-corrected chi connectivity index (χ3v) is 4.03. The zero-order chi connectivity index (χ0) is 17.1. The number of carbonyl (C=O) groups excluding carboxylic acids is 3. The van der Waals surface area contributed by atoms with Crippen molar-refractivity contribution in [2.24, 2.45) is 0 Å². The van der Waals surface area contributed by atoms with Crippen molar-refractivity contribution in [3.8, 4) is 11.5 Å². The van der Waals surface area contributed by atoms with Crippen molar-refractivity contribution in [2.75, 3.05) is 20.3 Å². The van der Waals surface area contributed by atoms with Crippen molar-refractivity contribution < 1.29 is 23.9 Å². The molecule has 4 amide bonds. The molecule has 1 aromatic rings. The van der Waals surface area contributed by atoms with Gasteiger partial charge in [-0.3, -0.25) is 19.4 Å². The lowest BCUT2D eigenvalue weighted by Crippen LogP contribution is -2.31. The summed E-state index contributed by atoms with van der Waals surface area (Å²) in [6.45, 7) is 4.61. The summed E-state index contributed by atoms with van der Waals surface area (Å²) in [4.78, 5) is 37.1. The molecule has 0 aromatic heterocycles. The Morgan fingerprint density at radius 2 is 1.57 bits per heavy atom. The first-order valence-electron chi connectivity index (χ1n) is 7.12. The molecular weight excluding hydrogens is 368 g/mol. The zero-order valence-electron chi connectivity index (χ0n) is 13.1. The molecule has 124 valence electrons. The number of halogens is 1. The molecule has 0 atom stereocenters. The normalized spacial score (nSPS) is 14.7. The highest BCUT2D eigenvalue weighted by Crippen LogP contribution is 2.35. The number of hydrogen-bond donors (Lipinski definition) is 0. The predicted octanol–water partition coefficient (Wildman–Crippen LogP) is 2.17. The van der Waals surface area contributed by atoms with Gasteiger partial charge in [-0.2, -0.15) is 0 Å². The fourth-order valence-corrected chi connectivity index (χ4v) is 2.61. The molecule has 0 bridgehead atoms. The Hall–Kier alpha value is -2.09. The van der Waals surface area contributed by atoms with Crippen LogP contribution in [0.25, 0.3) is 0 Å². The van der Waals surface area contributed by atoms with Crippen LogP contribution >= 0.6 is 15.9 Å². The van der Waals surface area contributed by atoms with E-state index in [-0.39, 0.29) is 6.54 Å². The number of nitrogens with zero attached hydrogens (tertiary/aromatic N) is 2. The van der Waals surface area contributed by atoms with Gasteiger partial charge < -0.3 is 9.47 Å². The Labute approximate surface area is 142 Å². The van der Waals surface area contributed by atoms with Crippen LogP contribution in [0.5, 0.6) is 11.5 Å². The number of benzene rings is 1. The van der Waals surface area contributed by atoms with Crippen LogP contribution in [0.4, 0.5) is 4.79 Å². The standard InChI is InChI=1S/C15H17BrN2O5/c1-4-22-11-6-9(10(16)7-12(11)23-5-2)8-18-14(20)13(19)17(3)15(18)21/h6-7H,4-5,8H2,1-3H3. The second-order valence-corrected chi connectivity index (χ2v) is 5.65. The van der Waals surface area contributed by atoms with Crippen molar-refractivity contribution in [2.45, 2.75) is 20.4 Å². The van der Waals surface area contributed by atoms with Crippen LogP contribution in [0, 0.1) is 0 Å². The quantitative estimate of drug-likeness (QED) is 0.554. The van der Waals surface area contributed by atoms with Gasteiger partial charge in [-0.1, -0.05) is 15.9 Å². The van der Waals surface area contributed by atoms with E-state index in [1.807, 2.05) is 13.8 Å². The van der Waals surface area contributed by atoms with Gasteiger partial charge in [0.15, 0.2) is 11.5 Å². The topological polar surface area (TPSA) is 76.2 Å². The van der Waals surface area contributed by atoms with Crippen molar-refractivity contribution in [1.29, 1.82) is 0 Å². The molecule has 1 aliphatic rings. The first-order valence-corrected chi connectivity index (χ1v) is 7.91. The molecule has 0 aliphatic carbocycles. The van der Waals surface area contributed by atoms with E-state index in [4.69, 9.17) is 9.47 Å². The maximum atomic E-state index is 12.0. The van der Waals surface area contributed by atoms with Gasteiger partial charge in [0.25, 0.3) is 0 Å². The van der Waals surface area contributed by atoms with Gasteiger partial charge in [-0.05, 0) is 31.5 Å². The first-order chi connectivity index (χ1) is 10.9. The summed E-state index contributed by atoms with van der Waals surface area (Å²) in [5, 5.41) is 0. The van der Waals surface area contributed by atoms with Gasteiger partial charge in [0.05, 0.1) is 19.8 Å². The molecule has 1 aromatic carbocycles. The third kappa shape index (κ3) is 3.31. The molecule has 0 radical (unpaired) electrons. The van der Waals surface area contributed by atoms with Crippen LogP contribution in [-0.2, 0) is 16.1 Å². The predicted molar refractivity (Wildman–Crippen MR) is 85.2 cm³/mol. The second-order valence-electron chi connectivity index (χ2n) is 4.79. The van der Waals surface area contributed by atoms with E-state index in [0.717, 1.165) is 9.80 Å². The molecule has 1 fully saturated rings. The van der Waals surface area contributed by atoms with E-state index in [0.29, 0.717) is 34.7 Å². The maximum absolute atomic E-state index is 12.0. The molecule has 0 spiro atoms. The Morgan fingerprint density at radius 3 is 2.04 bits per heavy atom. The van der Waals surface area contributed by atoms with Crippen LogP contribution < -0.4 is 9.47 Å². The van der Waals surface area contributed by atoms with Gasteiger partial charge in [0, 0.05) is 11.5 Å². The number of imide groups is 2. The number of amides is 4. The summed E-state index contributed by atoms with van der Waals surface area (Å²) < 4.78 is 11.7. The third-order valence-electron chi connectivity index (χ3n) is 3.29. The van der Waals surface area contributed by atoms with Gasteiger partial charge >= 0.3 is 17.8 Å². The van der Waals surface area contributed by atoms with E-state index in [2.05, 4.69) is 15.9 Å². The molecule has 2 rings (SSSR count). The fraction of sp³-hybridized carbons (Fsp3) is 0.400. The molecule has 23 heavy (non-hydrogen) atoms. The van der Waals surface area contributed by atoms with E-state index >= 15 is 0 Å². The Balaban J connectivity index is 2.33. The molecule has 0 N–H and O–H groups in total. The molecular formula is C15H17BrN2O5. The minimum absolute atomic E-state index is 0.0270. The van der Waals surface area contributed by atoms with E-state index in [9.17, 15) is 14.4 Å². The summed E-state index contributed by atoms with van der Waals surface area (Å²) in [5.74, 6) is -0.582. The van der Waals surface area contributed by atoms with Crippen LogP contribution in [0.15, 0.2) is 16.6 Å². The molecule has 1 aliphatic heterocycles.